The van der Waals surface area contributed by atoms with Gasteiger partial charge >= 0.3 is 5.97 Å². The molecule has 0 bridgehead atoms. The highest BCUT2D eigenvalue weighted by Crippen LogP contribution is 2.22. The lowest BCUT2D eigenvalue weighted by atomic mass is 9.99. The summed E-state index contributed by atoms with van der Waals surface area (Å²) in [6, 6.07) is 9.24. The zero-order chi connectivity index (χ0) is 13.8. The average Bonchev–Trinajstić information content (AvgIpc) is 2.71. The number of para-hydroxylation sites is 1. The van der Waals surface area contributed by atoms with Gasteiger partial charge in [0.25, 0.3) is 0 Å². The number of benzene rings is 1. The maximum absolute atomic E-state index is 11.9. The first kappa shape index (κ1) is 13.5. The van der Waals surface area contributed by atoms with Crippen LogP contribution in [0.4, 0.5) is 5.69 Å². The second-order valence-electron chi connectivity index (χ2n) is 5.03. The Bertz CT molecular complexity index is 461. The molecule has 0 aliphatic carbocycles. The van der Waals surface area contributed by atoms with Gasteiger partial charge in [-0.2, -0.15) is 0 Å². The maximum Gasteiger partial charge on any atom is 0.308 e. The number of hydrogen-bond donors (Lipinski definition) is 2. The van der Waals surface area contributed by atoms with Gasteiger partial charge in [0, 0.05) is 18.8 Å². The Balaban J connectivity index is 1.85. The van der Waals surface area contributed by atoms with Gasteiger partial charge in [-0.1, -0.05) is 25.1 Å². The summed E-state index contributed by atoms with van der Waals surface area (Å²) in [5.41, 5.74) is 0.759. The van der Waals surface area contributed by atoms with E-state index in [9.17, 15) is 9.59 Å². The summed E-state index contributed by atoms with van der Waals surface area (Å²) in [4.78, 5) is 24.7. The molecule has 5 heteroatoms. The number of carbonyl (C=O) groups is 2. The normalized spacial score (nSPS) is 23.2. The molecule has 1 heterocycles. The molecular formula is C14H18N2O3. The van der Waals surface area contributed by atoms with E-state index in [4.69, 9.17) is 5.11 Å². The zero-order valence-electron chi connectivity index (χ0n) is 10.9. The van der Waals surface area contributed by atoms with Crippen molar-refractivity contribution in [3.8, 4) is 0 Å². The van der Waals surface area contributed by atoms with Gasteiger partial charge in [-0.05, 0) is 18.1 Å². The Labute approximate surface area is 112 Å². The molecule has 5 nitrogen and oxygen atoms in total. The van der Waals surface area contributed by atoms with Crippen LogP contribution in [-0.2, 0) is 9.59 Å². The number of nitrogens with zero attached hydrogens (tertiary/aromatic N) is 1. The number of carboxylic acids is 1. The minimum Gasteiger partial charge on any atom is -0.481 e. The Morgan fingerprint density at radius 3 is 2.58 bits per heavy atom. The Kier molecular flexibility index (Phi) is 4.16. The molecule has 0 unspecified atom stereocenters. The molecule has 0 saturated carbocycles. The average molecular weight is 262 g/mol. The van der Waals surface area contributed by atoms with Gasteiger partial charge in [0.1, 0.15) is 0 Å². The Morgan fingerprint density at radius 2 is 2.00 bits per heavy atom. The van der Waals surface area contributed by atoms with E-state index in [2.05, 4.69) is 5.32 Å². The standard InChI is InChI=1S/C14H18N2O3/c1-10-7-16(8-12(10)14(18)19)9-13(17)15-11-5-3-2-4-6-11/h2-6,10,12H,7-9H2,1H3,(H,15,17)(H,18,19)/t10-,12-/m1/s1. The van der Waals surface area contributed by atoms with Crippen LogP contribution >= 0.6 is 0 Å². The monoisotopic (exact) mass is 262 g/mol. The van der Waals surface area contributed by atoms with E-state index in [0.717, 1.165) is 5.69 Å². The Hall–Kier alpha value is -1.88. The van der Waals surface area contributed by atoms with Gasteiger partial charge in [-0.15, -0.1) is 0 Å². The smallest absolute Gasteiger partial charge is 0.308 e. The fraction of sp³-hybridized carbons (Fsp3) is 0.429. The lowest BCUT2D eigenvalue weighted by Crippen LogP contribution is -2.32. The van der Waals surface area contributed by atoms with E-state index in [-0.39, 0.29) is 24.3 Å². The molecule has 19 heavy (non-hydrogen) atoms. The minimum absolute atomic E-state index is 0.0852. The van der Waals surface area contributed by atoms with Crippen LogP contribution in [0.5, 0.6) is 0 Å². The van der Waals surface area contributed by atoms with Gasteiger partial charge in [0.05, 0.1) is 12.5 Å². The summed E-state index contributed by atoms with van der Waals surface area (Å²) in [6.45, 7) is 3.24. The van der Waals surface area contributed by atoms with Crippen molar-refractivity contribution in [2.45, 2.75) is 6.92 Å². The van der Waals surface area contributed by atoms with Crippen LogP contribution in [0.15, 0.2) is 30.3 Å². The van der Waals surface area contributed by atoms with E-state index in [1.807, 2.05) is 42.2 Å². The molecule has 0 spiro atoms. The summed E-state index contributed by atoms with van der Waals surface area (Å²) in [5, 5.41) is 11.8. The molecule has 1 aromatic carbocycles. The molecule has 0 aromatic heterocycles. The molecule has 2 rings (SSSR count). The topological polar surface area (TPSA) is 69.6 Å². The summed E-state index contributed by atoms with van der Waals surface area (Å²) >= 11 is 0. The summed E-state index contributed by atoms with van der Waals surface area (Å²) in [7, 11) is 0. The van der Waals surface area contributed by atoms with Crippen LogP contribution in [0, 0.1) is 11.8 Å². The number of aliphatic carboxylic acids is 1. The van der Waals surface area contributed by atoms with Gasteiger partial charge < -0.3 is 10.4 Å². The second-order valence-corrected chi connectivity index (χ2v) is 5.03. The van der Waals surface area contributed by atoms with E-state index in [1.165, 1.54) is 0 Å². The number of amides is 1. The molecule has 2 N–H and O–H groups in total. The van der Waals surface area contributed by atoms with Crippen molar-refractivity contribution in [1.82, 2.24) is 4.90 Å². The van der Waals surface area contributed by atoms with Crippen molar-refractivity contribution in [1.29, 1.82) is 0 Å². The highest BCUT2D eigenvalue weighted by atomic mass is 16.4. The molecule has 1 amide bonds. The number of likely N-dealkylation sites (tertiary alicyclic amines) is 1. The quantitative estimate of drug-likeness (QED) is 0.857. The van der Waals surface area contributed by atoms with Crippen molar-refractivity contribution >= 4 is 17.6 Å². The molecule has 102 valence electrons. The number of nitrogens with one attached hydrogen (secondary N) is 1. The molecule has 2 atom stereocenters. The summed E-state index contributed by atoms with van der Waals surface area (Å²) in [6.07, 6.45) is 0. The third-order valence-electron chi connectivity index (χ3n) is 3.43. The summed E-state index contributed by atoms with van der Waals surface area (Å²) < 4.78 is 0. The van der Waals surface area contributed by atoms with E-state index < -0.39 is 5.97 Å². The number of carboxylic acid groups (broad SMARTS) is 1. The lowest BCUT2D eigenvalue weighted by Gasteiger charge is -2.14. The first-order chi connectivity index (χ1) is 9.06. The fourth-order valence-corrected chi connectivity index (χ4v) is 2.44. The highest BCUT2D eigenvalue weighted by Gasteiger charge is 2.35. The zero-order valence-corrected chi connectivity index (χ0v) is 10.9. The maximum atomic E-state index is 11.9. The second kappa shape index (κ2) is 5.84. The van der Waals surface area contributed by atoms with Crippen molar-refractivity contribution in [3.63, 3.8) is 0 Å². The number of hydrogen-bond acceptors (Lipinski definition) is 3. The van der Waals surface area contributed by atoms with Crippen molar-refractivity contribution in [2.75, 3.05) is 25.0 Å². The molecule has 0 radical (unpaired) electrons. The van der Waals surface area contributed by atoms with Crippen LogP contribution in [0.3, 0.4) is 0 Å². The third kappa shape index (κ3) is 3.54. The molecule has 1 saturated heterocycles. The third-order valence-corrected chi connectivity index (χ3v) is 3.43. The van der Waals surface area contributed by atoms with Gasteiger partial charge in [0.2, 0.25) is 5.91 Å². The molecule has 1 fully saturated rings. The highest BCUT2D eigenvalue weighted by molar-refractivity contribution is 5.92. The van der Waals surface area contributed by atoms with Crippen LogP contribution in [0.25, 0.3) is 0 Å². The van der Waals surface area contributed by atoms with Crippen molar-refractivity contribution in [3.05, 3.63) is 30.3 Å². The number of anilines is 1. The first-order valence-corrected chi connectivity index (χ1v) is 6.36. The molecule has 1 aromatic rings. The van der Waals surface area contributed by atoms with E-state index in [0.29, 0.717) is 13.1 Å². The Morgan fingerprint density at radius 1 is 1.32 bits per heavy atom. The van der Waals surface area contributed by atoms with E-state index in [1.54, 1.807) is 0 Å². The minimum atomic E-state index is -0.779. The summed E-state index contributed by atoms with van der Waals surface area (Å²) in [5.74, 6) is -1.17. The van der Waals surface area contributed by atoms with Gasteiger partial charge in [0.15, 0.2) is 0 Å². The first-order valence-electron chi connectivity index (χ1n) is 6.36. The van der Waals surface area contributed by atoms with Crippen LogP contribution in [-0.4, -0.2) is 41.5 Å². The molecule has 1 aliphatic heterocycles. The predicted octanol–water partition coefficient (Wildman–Crippen LogP) is 1.28. The lowest BCUT2D eigenvalue weighted by molar-refractivity contribution is -0.142. The van der Waals surface area contributed by atoms with Crippen LogP contribution in [0.1, 0.15) is 6.92 Å². The predicted molar refractivity (Wildman–Crippen MR) is 71.8 cm³/mol. The van der Waals surface area contributed by atoms with Gasteiger partial charge in [-0.25, -0.2) is 0 Å². The van der Waals surface area contributed by atoms with Gasteiger partial charge in [-0.3, -0.25) is 14.5 Å². The SMILES string of the molecule is C[C@@H]1CN(CC(=O)Nc2ccccc2)C[C@H]1C(=O)O. The van der Waals surface area contributed by atoms with Crippen LogP contribution < -0.4 is 5.32 Å². The van der Waals surface area contributed by atoms with Crippen molar-refractivity contribution < 1.29 is 14.7 Å². The largest absolute Gasteiger partial charge is 0.481 e. The molecular weight excluding hydrogens is 244 g/mol. The van der Waals surface area contributed by atoms with E-state index >= 15 is 0 Å². The van der Waals surface area contributed by atoms with Crippen LogP contribution in [0.2, 0.25) is 0 Å². The number of carbonyl (C=O) groups excluding carboxylic acids is 1. The molecule has 1 aliphatic rings. The fourth-order valence-electron chi connectivity index (χ4n) is 2.44. The number of rotatable bonds is 4. The van der Waals surface area contributed by atoms with Crippen molar-refractivity contribution in [2.24, 2.45) is 11.8 Å².